The van der Waals surface area contributed by atoms with Crippen LogP contribution in [-0.2, 0) is 13.6 Å². The quantitative estimate of drug-likeness (QED) is 0.876. The highest BCUT2D eigenvalue weighted by atomic mass is 16.2. The molecule has 2 heterocycles. The molecule has 0 aliphatic carbocycles. The Morgan fingerprint density at radius 3 is 2.96 bits per heavy atom. The molecule has 1 aromatic heterocycles. The second-order valence-electron chi connectivity index (χ2n) is 6.81. The molecule has 0 radical (unpaired) electrons. The smallest absolute Gasteiger partial charge is 0.318 e. The van der Waals surface area contributed by atoms with Crippen molar-refractivity contribution in [2.24, 2.45) is 7.05 Å². The van der Waals surface area contributed by atoms with Crippen molar-refractivity contribution >= 4 is 11.7 Å². The summed E-state index contributed by atoms with van der Waals surface area (Å²) in [5.74, 6) is 0.843. The molecule has 2 N–H and O–H groups in total. The van der Waals surface area contributed by atoms with Crippen molar-refractivity contribution in [3.63, 3.8) is 0 Å². The van der Waals surface area contributed by atoms with Crippen molar-refractivity contribution in [3.05, 3.63) is 42.0 Å². The summed E-state index contributed by atoms with van der Waals surface area (Å²) >= 11 is 0. The van der Waals surface area contributed by atoms with Gasteiger partial charge in [-0.3, -0.25) is 0 Å². The summed E-state index contributed by atoms with van der Waals surface area (Å²) in [7, 11) is 1.91. The highest BCUT2D eigenvalue weighted by Gasteiger charge is 2.32. The number of hydrogen-bond donors (Lipinski definition) is 2. The van der Waals surface area contributed by atoms with E-state index in [2.05, 4.69) is 40.7 Å². The average molecular weight is 342 g/mol. The molecule has 25 heavy (non-hydrogen) atoms. The lowest BCUT2D eigenvalue weighted by Gasteiger charge is -2.24. The van der Waals surface area contributed by atoms with Crippen LogP contribution in [0.5, 0.6) is 0 Å². The maximum Gasteiger partial charge on any atom is 0.318 e. The van der Waals surface area contributed by atoms with Crippen LogP contribution >= 0.6 is 0 Å². The van der Waals surface area contributed by atoms with Crippen LogP contribution in [0.1, 0.15) is 44.1 Å². The zero-order chi connectivity index (χ0) is 17.8. The van der Waals surface area contributed by atoms with Crippen LogP contribution in [0.3, 0.4) is 0 Å². The minimum atomic E-state index is -0.0484. The van der Waals surface area contributed by atoms with E-state index in [1.54, 1.807) is 6.33 Å². The van der Waals surface area contributed by atoms with Gasteiger partial charge in [0.25, 0.3) is 0 Å². The summed E-state index contributed by atoms with van der Waals surface area (Å²) < 4.78 is 1.89. The molecule has 0 bridgehead atoms. The van der Waals surface area contributed by atoms with Crippen molar-refractivity contribution < 1.29 is 4.79 Å². The number of urea groups is 1. The Morgan fingerprint density at radius 2 is 2.24 bits per heavy atom. The highest BCUT2D eigenvalue weighted by Crippen LogP contribution is 2.30. The maximum absolute atomic E-state index is 12.6. The Kier molecular flexibility index (Phi) is 5.21. The summed E-state index contributed by atoms with van der Waals surface area (Å²) in [6, 6.07) is 8.47. The van der Waals surface area contributed by atoms with Gasteiger partial charge >= 0.3 is 6.03 Å². The molecule has 1 atom stereocenters. The zero-order valence-electron chi connectivity index (χ0n) is 15.1. The minimum absolute atomic E-state index is 0.00134. The fourth-order valence-electron chi connectivity index (χ4n) is 3.26. The Balaban J connectivity index is 1.61. The minimum Gasteiger partial charge on any atom is -0.383 e. The Labute approximate surface area is 148 Å². The van der Waals surface area contributed by atoms with E-state index in [1.807, 2.05) is 34.7 Å². The number of benzene rings is 1. The van der Waals surface area contributed by atoms with Crippen LogP contribution in [0.25, 0.3) is 0 Å². The van der Waals surface area contributed by atoms with Crippen LogP contribution in [0.4, 0.5) is 10.5 Å². The standard InChI is InChI=1S/C18H26N6O/c1-13(2)21-15-7-4-6-14(10-15)11-19-18(25)24-9-5-8-16(24)17-22-20-12-23(17)3/h4,6-7,10,12-13,16,21H,5,8-9,11H2,1-3H3,(H,19,25)/t16-/m0/s1. The fraction of sp³-hybridized carbons (Fsp3) is 0.500. The molecule has 0 unspecified atom stereocenters. The number of nitrogens with zero attached hydrogens (tertiary/aromatic N) is 4. The van der Waals surface area contributed by atoms with Gasteiger partial charge in [-0.2, -0.15) is 0 Å². The third-order valence-electron chi connectivity index (χ3n) is 4.38. The van der Waals surface area contributed by atoms with Gasteiger partial charge in [-0.05, 0) is 44.4 Å². The molecule has 3 rings (SSSR count). The molecule has 0 spiro atoms. The molecule has 1 aliphatic heterocycles. The monoisotopic (exact) mass is 342 g/mol. The SMILES string of the molecule is CC(C)Nc1cccc(CNC(=O)N2CCC[C@H]2c2nncn2C)c1. The lowest BCUT2D eigenvalue weighted by molar-refractivity contribution is 0.189. The van der Waals surface area contributed by atoms with Gasteiger partial charge < -0.3 is 20.1 Å². The van der Waals surface area contributed by atoms with Gasteiger partial charge in [-0.25, -0.2) is 4.79 Å². The van der Waals surface area contributed by atoms with Gasteiger partial charge in [0, 0.05) is 31.9 Å². The summed E-state index contributed by atoms with van der Waals surface area (Å²) in [6.45, 7) is 5.47. The number of likely N-dealkylation sites (tertiary alicyclic amines) is 1. The van der Waals surface area contributed by atoms with Crippen molar-refractivity contribution in [2.45, 2.75) is 45.3 Å². The van der Waals surface area contributed by atoms with Gasteiger partial charge in [0.1, 0.15) is 6.33 Å². The van der Waals surface area contributed by atoms with E-state index in [4.69, 9.17) is 0 Å². The lowest BCUT2D eigenvalue weighted by atomic mass is 10.2. The van der Waals surface area contributed by atoms with Crippen LogP contribution in [0.15, 0.2) is 30.6 Å². The number of carbonyl (C=O) groups excluding carboxylic acids is 1. The number of hydrogen-bond acceptors (Lipinski definition) is 4. The van der Waals surface area contributed by atoms with Crippen molar-refractivity contribution in [2.75, 3.05) is 11.9 Å². The Hall–Kier alpha value is -2.57. The van der Waals surface area contributed by atoms with Crippen LogP contribution in [-0.4, -0.2) is 38.3 Å². The molecule has 2 amide bonds. The Morgan fingerprint density at radius 1 is 1.40 bits per heavy atom. The third-order valence-corrected chi connectivity index (χ3v) is 4.38. The summed E-state index contributed by atoms with van der Waals surface area (Å²) in [6.07, 6.45) is 3.59. The van der Waals surface area contributed by atoms with Crippen molar-refractivity contribution in [3.8, 4) is 0 Å². The molecule has 1 saturated heterocycles. The first-order valence-electron chi connectivity index (χ1n) is 8.78. The molecule has 7 nitrogen and oxygen atoms in total. The van der Waals surface area contributed by atoms with E-state index in [-0.39, 0.29) is 12.1 Å². The molecule has 134 valence electrons. The molecule has 1 aliphatic rings. The predicted octanol–water partition coefficient (Wildman–Crippen LogP) is 2.68. The molecule has 0 saturated carbocycles. The number of anilines is 1. The molecule has 1 fully saturated rings. The van der Waals surface area contributed by atoms with E-state index >= 15 is 0 Å². The van der Waals surface area contributed by atoms with Crippen molar-refractivity contribution in [1.29, 1.82) is 0 Å². The first kappa shape index (κ1) is 17.3. The highest BCUT2D eigenvalue weighted by molar-refractivity contribution is 5.75. The molecular formula is C18H26N6O. The van der Waals surface area contributed by atoms with Gasteiger partial charge in [0.2, 0.25) is 0 Å². The lowest BCUT2D eigenvalue weighted by Crippen LogP contribution is -2.39. The van der Waals surface area contributed by atoms with E-state index in [0.29, 0.717) is 12.6 Å². The van der Waals surface area contributed by atoms with Crippen LogP contribution < -0.4 is 10.6 Å². The first-order valence-corrected chi connectivity index (χ1v) is 8.78. The first-order chi connectivity index (χ1) is 12.0. The summed E-state index contributed by atoms with van der Waals surface area (Å²) in [5, 5.41) is 14.5. The van der Waals surface area contributed by atoms with Gasteiger partial charge in [0.05, 0.1) is 6.04 Å². The normalized spacial score (nSPS) is 17.1. The van der Waals surface area contributed by atoms with Gasteiger partial charge in [-0.1, -0.05) is 12.1 Å². The summed E-state index contributed by atoms with van der Waals surface area (Å²) in [4.78, 5) is 14.5. The number of rotatable bonds is 5. The van der Waals surface area contributed by atoms with E-state index in [0.717, 1.165) is 36.5 Å². The van der Waals surface area contributed by atoms with E-state index < -0.39 is 0 Å². The molecule has 2 aromatic rings. The second-order valence-corrected chi connectivity index (χ2v) is 6.81. The van der Waals surface area contributed by atoms with Crippen LogP contribution in [0, 0.1) is 0 Å². The van der Waals surface area contributed by atoms with E-state index in [9.17, 15) is 4.79 Å². The predicted molar refractivity (Wildman–Crippen MR) is 97.1 cm³/mol. The molecule has 7 heteroatoms. The van der Waals surface area contributed by atoms with Gasteiger partial charge in [0.15, 0.2) is 5.82 Å². The maximum atomic E-state index is 12.6. The fourth-order valence-corrected chi connectivity index (χ4v) is 3.26. The summed E-state index contributed by atoms with van der Waals surface area (Å²) in [5.41, 5.74) is 2.15. The zero-order valence-corrected chi connectivity index (χ0v) is 15.1. The number of carbonyl (C=O) groups is 1. The number of amides is 2. The van der Waals surface area contributed by atoms with Gasteiger partial charge in [-0.15, -0.1) is 10.2 Å². The topological polar surface area (TPSA) is 75.1 Å². The average Bonchev–Trinajstić information content (AvgIpc) is 3.20. The second kappa shape index (κ2) is 7.55. The van der Waals surface area contributed by atoms with Crippen molar-refractivity contribution in [1.82, 2.24) is 25.0 Å². The number of aromatic nitrogens is 3. The number of aryl methyl sites for hydroxylation is 1. The largest absolute Gasteiger partial charge is 0.383 e. The Bertz CT molecular complexity index is 726. The molecule has 1 aromatic carbocycles. The third kappa shape index (κ3) is 4.10. The van der Waals surface area contributed by atoms with Crippen LogP contribution in [0.2, 0.25) is 0 Å². The number of nitrogens with one attached hydrogen (secondary N) is 2. The molecular weight excluding hydrogens is 316 g/mol. The van der Waals surface area contributed by atoms with E-state index in [1.165, 1.54) is 0 Å².